The fraction of sp³-hybridized carbons (Fsp3) is 0.333. The molecule has 0 saturated carbocycles. The van der Waals surface area contributed by atoms with Crippen LogP contribution in [0.15, 0.2) is 18.2 Å². The summed E-state index contributed by atoms with van der Waals surface area (Å²) in [6, 6.07) is 6.62. The molecule has 0 bridgehead atoms. The molecule has 4 rings (SSSR count). The second-order valence-corrected chi connectivity index (χ2v) is 7.06. The highest BCUT2D eigenvalue weighted by molar-refractivity contribution is 6.14. The van der Waals surface area contributed by atoms with Crippen LogP contribution < -0.4 is 4.57 Å². The first-order valence-corrected chi connectivity index (χ1v) is 8.51. The molecule has 0 saturated heterocycles. The van der Waals surface area contributed by atoms with Gasteiger partial charge in [0.15, 0.2) is 5.52 Å². The van der Waals surface area contributed by atoms with Crippen LogP contribution in [0.25, 0.3) is 27.3 Å². The van der Waals surface area contributed by atoms with Gasteiger partial charge in [-0.2, -0.15) is 0 Å². The van der Waals surface area contributed by atoms with Gasteiger partial charge in [-0.3, -0.25) is 0 Å². The molecule has 2 aromatic heterocycles. The molecule has 0 unspecified atom stereocenters. The molecule has 0 radical (unpaired) electrons. The zero-order chi connectivity index (χ0) is 17.3. The summed E-state index contributed by atoms with van der Waals surface area (Å²) in [6.45, 7) is 13.2. The first-order valence-electron chi connectivity index (χ1n) is 8.51. The van der Waals surface area contributed by atoms with Crippen molar-refractivity contribution >= 4 is 27.3 Å². The number of hydrogen-bond acceptors (Lipinski definition) is 1. The van der Waals surface area contributed by atoms with Crippen LogP contribution in [0.2, 0.25) is 0 Å². The van der Waals surface area contributed by atoms with Gasteiger partial charge in [0.2, 0.25) is 0 Å². The van der Waals surface area contributed by atoms with Gasteiger partial charge >= 0.3 is 0 Å². The lowest BCUT2D eigenvalue weighted by Crippen LogP contribution is -2.30. The molecule has 0 aliphatic heterocycles. The van der Waals surface area contributed by atoms with Crippen molar-refractivity contribution in [2.24, 2.45) is 7.05 Å². The number of pyridine rings is 1. The Hall–Kier alpha value is -2.42. The molecular weight excluding hydrogens is 294 g/mol. The smallest absolute Gasteiger partial charge is 0.230 e. The fourth-order valence-corrected chi connectivity index (χ4v) is 4.04. The van der Waals surface area contributed by atoms with E-state index in [9.17, 15) is 0 Å². The lowest BCUT2D eigenvalue weighted by Gasteiger charge is -2.15. The summed E-state index contributed by atoms with van der Waals surface area (Å²) in [5, 5.41) is 8.86. The van der Waals surface area contributed by atoms with E-state index in [2.05, 4.69) is 75.9 Å². The third-order valence-corrected chi connectivity index (χ3v) is 5.88. The lowest BCUT2D eigenvalue weighted by molar-refractivity contribution is -0.651. The zero-order valence-electron chi connectivity index (χ0n) is 15.6. The Labute approximate surface area is 142 Å². The third-order valence-electron chi connectivity index (χ3n) is 5.88. The van der Waals surface area contributed by atoms with Crippen LogP contribution in [0.1, 0.15) is 33.6 Å². The SMILES string of the molecule is Cc1c(C)c(C)c2c(c1C)c1cccc(C)c1c1n2nc(C)[n+]1C. The Bertz CT molecular complexity index is 1160. The summed E-state index contributed by atoms with van der Waals surface area (Å²) in [7, 11) is 2.11. The van der Waals surface area contributed by atoms with Gasteiger partial charge in [0, 0.05) is 17.4 Å². The van der Waals surface area contributed by atoms with Crippen LogP contribution in [0, 0.1) is 41.5 Å². The minimum atomic E-state index is 1.03. The second-order valence-electron chi connectivity index (χ2n) is 7.06. The Kier molecular flexibility index (Phi) is 3.02. The summed E-state index contributed by atoms with van der Waals surface area (Å²) in [5.74, 6) is 1.03. The minimum absolute atomic E-state index is 1.03. The van der Waals surface area contributed by atoms with E-state index in [0.717, 1.165) is 5.82 Å². The molecule has 0 atom stereocenters. The number of nitrogens with zero attached hydrogens (tertiary/aromatic N) is 3. The fourth-order valence-electron chi connectivity index (χ4n) is 4.04. The number of fused-ring (bicyclic) bond motifs is 6. The van der Waals surface area contributed by atoms with Gasteiger partial charge in [-0.1, -0.05) is 22.7 Å². The van der Waals surface area contributed by atoms with E-state index >= 15 is 0 Å². The lowest BCUT2D eigenvalue weighted by atomic mass is 9.91. The molecular formula is C21H24N3+. The maximum absolute atomic E-state index is 4.88. The van der Waals surface area contributed by atoms with Gasteiger partial charge in [-0.15, -0.1) is 0 Å². The molecule has 3 heteroatoms. The van der Waals surface area contributed by atoms with E-state index in [1.165, 1.54) is 55.1 Å². The zero-order valence-corrected chi connectivity index (χ0v) is 15.6. The molecule has 122 valence electrons. The molecule has 2 heterocycles. The van der Waals surface area contributed by atoms with Crippen molar-refractivity contribution in [3.05, 3.63) is 51.8 Å². The van der Waals surface area contributed by atoms with Crippen molar-refractivity contribution in [2.75, 3.05) is 0 Å². The van der Waals surface area contributed by atoms with Crippen molar-refractivity contribution < 1.29 is 4.57 Å². The van der Waals surface area contributed by atoms with Gasteiger partial charge in [0.25, 0.3) is 11.5 Å². The quantitative estimate of drug-likeness (QED) is 0.349. The minimum Gasteiger partial charge on any atom is -0.230 e. The van der Waals surface area contributed by atoms with Crippen molar-refractivity contribution in [1.29, 1.82) is 0 Å². The Morgan fingerprint density at radius 1 is 0.833 bits per heavy atom. The maximum atomic E-state index is 4.88. The van der Waals surface area contributed by atoms with Crippen molar-refractivity contribution in [3.63, 3.8) is 0 Å². The van der Waals surface area contributed by atoms with E-state index < -0.39 is 0 Å². The summed E-state index contributed by atoms with van der Waals surface area (Å²) in [5.41, 5.74) is 9.15. The molecule has 2 aromatic carbocycles. The van der Waals surface area contributed by atoms with Crippen LogP contribution >= 0.6 is 0 Å². The summed E-state index contributed by atoms with van der Waals surface area (Å²) < 4.78 is 4.37. The van der Waals surface area contributed by atoms with Crippen LogP contribution in [-0.4, -0.2) is 9.61 Å². The van der Waals surface area contributed by atoms with E-state index in [0.29, 0.717) is 0 Å². The number of rotatable bonds is 0. The van der Waals surface area contributed by atoms with Crippen LogP contribution in [0.4, 0.5) is 0 Å². The van der Waals surface area contributed by atoms with E-state index in [1.807, 2.05) is 0 Å². The van der Waals surface area contributed by atoms with Gasteiger partial charge in [-0.05, 0) is 67.8 Å². The van der Waals surface area contributed by atoms with Crippen molar-refractivity contribution in [3.8, 4) is 0 Å². The molecule has 0 aliphatic rings. The standard InChI is InChI=1S/C21H24N3/c1-11-9-8-10-17-18(11)21-23(7)16(6)22-24(21)20-15(5)13(3)12(2)14(4)19(17)20/h8-10H,1-7H3/q+1. The Morgan fingerprint density at radius 3 is 2.21 bits per heavy atom. The number of hydrogen-bond donors (Lipinski definition) is 0. The van der Waals surface area contributed by atoms with E-state index in [1.54, 1.807) is 0 Å². The predicted molar refractivity (Wildman–Crippen MR) is 99.8 cm³/mol. The first kappa shape index (κ1) is 15.1. The summed E-state index contributed by atoms with van der Waals surface area (Å²) in [6.07, 6.45) is 0. The summed E-state index contributed by atoms with van der Waals surface area (Å²) >= 11 is 0. The topological polar surface area (TPSA) is 21.2 Å². The monoisotopic (exact) mass is 318 g/mol. The van der Waals surface area contributed by atoms with Crippen molar-refractivity contribution in [1.82, 2.24) is 9.61 Å². The average Bonchev–Trinajstić information content (AvgIpc) is 2.85. The molecule has 0 amide bonds. The average molecular weight is 318 g/mol. The highest BCUT2D eigenvalue weighted by Gasteiger charge is 2.25. The predicted octanol–water partition coefficient (Wildman–Crippen LogP) is 4.32. The highest BCUT2D eigenvalue weighted by Crippen LogP contribution is 2.36. The van der Waals surface area contributed by atoms with Crippen molar-refractivity contribution in [2.45, 2.75) is 41.5 Å². The first-order chi connectivity index (χ1) is 11.3. The highest BCUT2D eigenvalue weighted by atomic mass is 15.3. The Balaban J connectivity index is 2.54. The van der Waals surface area contributed by atoms with Crippen LogP contribution in [-0.2, 0) is 7.05 Å². The molecule has 0 aliphatic carbocycles. The molecule has 3 nitrogen and oxygen atoms in total. The van der Waals surface area contributed by atoms with Crippen LogP contribution in [0.5, 0.6) is 0 Å². The molecule has 0 spiro atoms. The van der Waals surface area contributed by atoms with Gasteiger partial charge in [0.05, 0.1) is 12.4 Å². The van der Waals surface area contributed by atoms with Crippen LogP contribution in [0.3, 0.4) is 0 Å². The molecule has 0 fully saturated rings. The van der Waals surface area contributed by atoms with Gasteiger partial charge < -0.3 is 0 Å². The number of aromatic nitrogens is 3. The molecule has 0 N–H and O–H groups in total. The normalized spacial score (nSPS) is 12.0. The van der Waals surface area contributed by atoms with E-state index in [4.69, 9.17) is 5.10 Å². The summed E-state index contributed by atoms with van der Waals surface area (Å²) in [4.78, 5) is 0. The number of aryl methyl sites for hydroxylation is 5. The second kappa shape index (κ2) is 4.79. The van der Waals surface area contributed by atoms with Gasteiger partial charge in [0.1, 0.15) is 0 Å². The van der Waals surface area contributed by atoms with E-state index in [-0.39, 0.29) is 0 Å². The maximum Gasteiger partial charge on any atom is 0.275 e. The molecule has 4 aromatic rings. The van der Waals surface area contributed by atoms with Gasteiger partial charge in [-0.25, -0.2) is 4.57 Å². The Morgan fingerprint density at radius 2 is 1.50 bits per heavy atom. The number of benzene rings is 2. The molecule has 24 heavy (non-hydrogen) atoms. The third kappa shape index (κ3) is 1.67. The largest absolute Gasteiger partial charge is 0.275 e.